The number of benzene rings is 3. The fourth-order valence-electron chi connectivity index (χ4n) is 8.41. The molecule has 1 aromatic heterocycles. The van der Waals surface area contributed by atoms with Crippen molar-refractivity contribution in [2.75, 3.05) is 44.7 Å². The predicted octanol–water partition coefficient (Wildman–Crippen LogP) is 7.33. The van der Waals surface area contributed by atoms with Crippen LogP contribution in [0.3, 0.4) is 0 Å². The number of terminal acetylenes is 1. The molecule has 4 aromatic rings. The number of aromatic hydroxyl groups is 1. The van der Waals surface area contributed by atoms with Crippen molar-refractivity contribution in [1.82, 2.24) is 19.8 Å². The first kappa shape index (κ1) is 34.0. The van der Waals surface area contributed by atoms with Gasteiger partial charge in [0.1, 0.15) is 29.5 Å². The molecule has 7 rings (SSSR count). The summed E-state index contributed by atoms with van der Waals surface area (Å²) in [5.41, 5.74) is -0.400. The number of fused-ring (bicyclic) bond motifs is 3. The van der Waals surface area contributed by atoms with Crippen molar-refractivity contribution in [3.8, 4) is 35.2 Å². The first-order valence-electron chi connectivity index (χ1n) is 17.0. The van der Waals surface area contributed by atoms with E-state index in [1.54, 1.807) is 6.07 Å². The number of hydrogen-bond acceptors (Lipinski definition) is 7. The summed E-state index contributed by atoms with van der Waals surface area (Å²) < 4.78 is 38.5. The molecule has 11 heteroatoms. The highest BCUT2D eigenvalue weighted by molar-refractivity contribution is 6.35. The molecule has 0 saturated carbocycles. The molecule has 3 saturated heterocycles. The SMILES string of the molecule is C#Cc1c(F)ccc2cc(O)cc(-c3c(Cl)cc4c(N(C)C[C@H]5N(C(=O)C=C)CCC5(C)C)nc(OCC56CCCN5CCC6)nc4c3F)c12. The number of carbonyl (C=O) groups excluding carboxylic acids is 1. The number of aromatic nitrogens is 2. The summed E-state index contributed by atoms with van der Waals surface area (Å²) in [5, 5.41) is 11.7. The first-order chi connectivity index (χ1) is 23.9. The smallest absolute Gasteiger partial charge is 0.319 e. The van der Waals surface area contributed by atoms with Gasteiger partial charge in [-0.25, -0.2) is 8.78 Å². The molecule has 0 unspecified atom stereocenters. The van der Waals surface area contributed by atoms with Crippen molar-refractivity contribution in [2.45, 2.75) is 57.5 Å². The van der Waals surface area contributed by atoms with Gasteiger partial charge in [-0.05, 0) is 91.9 Å². The molecule has 1 N–H and O–H groups in total. The maximum atomic E-state index is 17.2. The molecule has 0 radical (unpaired) electrons. The molecule has 3 aliphatic heterocycles. The topological polar surface area (TPSA) is 82.0 Å². The van der Waals surface area contributed by atoms with E-state index in [2.05, 4.69) is 36.2 Å². The third-order valence-corrected chi connectivity index (χ3v) is 11.4. The molecular formula is C39H40ClF2N5O3. The summed E-state index contributed by atoms with van der Waals surface area (Å²) in [6, 6.07) is 6.85. The molecule has 4 heterocycles. The fourth-order valence-corrected chi connectivity index (χ4v) is 8.70. The monoisotopic (exact) mass is 699 g/mol. The number of anilines is 1. The van der Waals surface area contributed by atoms with E-state index in [0.29, 0.717) is 36.3 Å². The minimum Gasteiger partial charge on any atom is -0.508 e. The molecule has 0 aliphatic carbocycles. The molecule has 1 atom stereocenters. The number of likely N-dealkylation sites (N-methyl/N-ethyl adjacent to an activating group) is 1. The van der Waals surface area contributed by atoms with Crippen molar-refractivity contribution in [3.63, 3.8) is 0 Å². The van der Waals surface area contributed by atoms with Crippen LogP contribution in [0.5, 0.6) is 11.8 Å². The largest absolute Gasteiger partial charge is 0.508 e. The molecule has 3 aromatic carbocycles. The van der Waals surface area contributed by atoms with Gasteiger partial charge in [0, 0.05) is 36.5 Å². The zero-order valence-electron chi connectivity index (χ0n) is 28.5. The summed E-state index contributed by atoms with van der Waals surface area (Å²) in [5.74, 6) is 1.00. The Labute approximate surface area is 295 Å². The van der Waals surface area contributed by atoms with Gasteiger partial charge >= 0.3 is 6.01 Å². The number of hydrogen-bond donors (Lipinski definition) is 1. The third kappa shape index (κ3) is 5.61. The van der Waals surface area contributed by atoms with E-state index in [9.17, 15) is 14.3 Å². The number of rotatable bonds is 8. The highest BCUT2D eigenvalue weighted by atomic mass is 35.5. The minimum absolute atomic E-state index is 0.00264. The van der Waals surface area contributed by atoms with E-state index in [1.807, 2.05) is 16.8 Å². The highest BCUT2D eigenvalue weighted by Crippen LogP contribution is 2.45. The second kappa shape index (κ2) is 12.7. The van der Waals surface area contributed by atoms with Crippen molar-refractivity contribution >= 4 is 45.0 Å². The highest BCUT2D eigenvalue weighted by Gasteiger charge is 2.45. The number of likely N-dealkylation sites (tertiary alicyclic amines) is 1. The van der Waals surface area contributed by atoms with Gasteiger partial charge in [-0.3, -0.25) is 9.69 Å². The van der Waals surface area contributed by atoms with E-state index >= 15 is 4.39 Å². The lowest BCUT2D eigenvalue weighted by Gasteiger charge is -2.36. The van der Waals surface area contributed by atoms with Crippen LogP contribution in [0.2, 0.25) is 5.02 Å². The zero-order chi connectivity index (χ0) is 35.5. The van der Waals surface area contributed by atoms with Gasteiger partial charge in [-0.15, -0.1) is 6.42 Å². The summed E-state index contributed by atoms with van der Waals surface area (Å²) >= 11 is 6.91. The molecular weight excluding hydrogens is 660 g/mol. The molecule has 0 spiro atoms. The number of amides is 1. The number of phenols is 1. The summed E-state index contributed by atoms with van der Waals surface area (Å²) in [7, 11) is 1.84. The lowest BCUT2D eigenvalue weighted by atomic mass is 9.84. The van der Waals surface area contributed by atoms with Gasteiger partial charge in [0.2, 0.25) is 5.91 Å². The Morgan fingerprint density at radius 3 is 2.62 bits per heavy atom. The Hall–Kier alpha value is -4.46. The van der Waals surface area contributed by atoms with Crippen molar-refractivity contribution < 1.29 is 23.4 Å². The lowest BCUT2D eigenvalue weighted by molar-refractivity contribution is -0.127. The van der Waals surface area contributed by atoms with Gasteiger partial charge in [0.05, 0.1) is 22.2 Å². The second-order valence-electron chi connectivity index (χ2n) is 14.5. The van der Waals surface area contributed by atoms with E-state index in [0.717, 1.165) is 45.2 Å². The van der Waals surface area contributed by atoms with Crippen LogP contribution in [-0.2, 0) is 4.79 Å². The zero-order valence-corrected chi connectivity index (χ0v) is 29.3. The number of nitrogens with zero attached hydrogens (tertiary/aromatic N) is 5. The molecule has 3 aliphatic rings. The average Bonchev–Trinajstić information content (AvgIpc) is 3.75. The van der Waals surface area contributed by atoms with Gasteiger partial charge in [0.15, 0.2) is 5.82 Å². The van der Waals surface area contributed by atoms with Crippen LogP contribution < -0.4 is 9.64 Å². The Kier molecular flexibility index (Phi) is 8.64. The molecule has 8 nitrogen and oxygen atoms in total. The van der Waals surface area contributed by atoms with Crippen molar-refractivity contribution in [3.05, 3.63) is 65.2 Å². The van der Waals surface area contributed by atoms with E-state index in [-0.39, 0.29) is 67.3 Å². The normalized spacial score (nSPS) is 19.5. The van der Waals surface area contributed by atoms with Crippen LogP contribution in [0, 0.1) is 29.4 Å². The van der Waals surface area contributed by atoms with Crippen LogP contribution in [0.15, 0.2) is 43.0 Å². The van der Waals surface area contributed by atoms with Crippen LogP contribution in [0.1, 0.15) is 51.5 Å². The van der Waals surface area contributed by atoms with Crippen LogP contribution >= 0.6 is 11.6 Å². The summed E-state index contributed by atoms with van der Waals surface area (Å²) in [4.78, 5) is 28.5. The molecule has 50 heavy (non-hydrogen) atoms. The Balaban J connectivity index is 1.39. The quantitative estimate of drug-likeness (QED) is 0.152. The Morgan fingerprint density at radius 2 is 1.92 bits per heavy atom. The molecule has 260 valence electrons. The standard InChI is InChI=1S/C39H40ClF2N5O3/c1-6-25-29(41)11-10-23-18-24(48)19-26(32(23)25)33-28(40)20-27-35(34(33)42)43-37(50-22-39-12-8-15-46(39)16-9-13-39)44-36(27)45(5)21-30-38(3,4)14-17-47(30)31(49)7-2/h1,7,10-11,18-20,30,48H,2,8-9,12-17,21-22H2,3-5H3/t30-/m1/s1. The maximum Gasteiger partial charge on any atom is 0.319 e. The number of phenolic OH excluding ortho intramolecular Hbond substituents is 1. The number of halogens is 3. The maximum absolute atomic E-state index is 17.2. The molecule has 3 fully saturated rings. The Bertz CT molecular complexity index is 2090. The van der Waals surface area contributed by atoms with Crippen LogP contribution in [-0.4, -0.2) is 82.2 Å². The molecule has 0 bridgehead atoms. The van der Waals surface area contributed by atoms with Gasteiger partial charge in [0.25, 0.3) is 0 Å². The van der Waals surface area contributed by atoms with E-state index in [1.165, 1.54) is 30.3 Å². The minimum atomic E-state index is -0.792. The average molecular weight is 700 g/mol. The van der Waals surface area contributed by atoms with E-state index < -0.39 is 11.6 Å². The number of ether oxygens (including phenoxy) is 1. The predicted molar refractivity (Wildman–Crippen MR) is 193 cm³/mol. The van der Waals surface area contributed by atoms with Gasteiger partial charge in [-0.2, -0.15) is 9.97 Å². The first-order valence-corrected chi connectivity index (χ1v) is 17.4. The van der Waals surface area contributed by atoms with Crippen molar-refractivity contribution in [1.29, 1.82) is 0 Å². The molecule has 1 amide bonds. The van der Waals surface area contributed by atoms with E-state index in [4.69, 9.17) is 27.7 Å². The van der Waals surface area contributed by atoms with Crippen LogP contribution in [0.25, 0.3) is 32.8 Å². The third-order valence-electron chi connectivity index (χ3n) is 11.1. The Morgan fingerprint density at radius 1 is 1.18 bits per heavy atom. The van der Waals surface area contributed by atoms with Gasteiger partial charge in [-0.1, -0.05) is 44.0 Å². The van der Waals surface area contributed by atoms with Crippen molar-refractivity contribution in [2.24, 2.45) is 5.41 Å². The summed E-state index contributed by atoms with van der Waals surface area (Å²) in [6.07, 6.45) is 12.0. The van der Waals surface area contributed by atoms with Gasteiger partial charge < -0.3 is 19.6 Å². The summed E-state index contributed by atoms with van der Waals surface area (Å²) in [6.45, 7) is 11.3. The fraction of sp³-hybridized carbons (Fsp3) is 0.410. The second-order valence-corrected chi connectivity index (χ2v) is 14.9. The number of carbonyl (C=O) groups is 1. The lowest BCUT2D eigenvalue weighted by Crippen LogP contribution is -2.47. The van der Waals surface area contributed by atoms with Crippen LogP contribution in [0.4, 0.5) is 14.6 Å².